The van der Waals surface area contributed by atoms with Crippen LogP contribution in [0.4, 0.5) is 0 Å². The first kappa shape index (κ1) is 19.7. The van der Waals surface area contributed by atoms with Crippen molar-refractivity contribution in [1.29, 1.82) is 0 Å². The van der Waals surface area contributed by atoms with Crippen molar-refractivity contribution < 1.29 is 9.90 Å². The van der Waals surface area contributed by atoms with Crippen molar-refractivity contribution in [2.24, 2.45) is 17.8 Å². The van der Waals surface area contributed by atoms with E-state index >= 15 is 0 Å². The Bertz CT molecular complexity index is 269. The molecule has 1 aliphatic heterocycles. The zero-order chi connectivity index (χ0) is 14.3. The van der Waals surface area contributed by atoms with Crippen LogP contribution in [0.2, 0.25) is 0 Å². The second-order valence-corrected chi connectivity index (χ2v) is 6.26. The monoisotopic (exact) mass is 306 g/mol. The largest absolute Gasteiger partial charge is 0.393 e. The zero-order valence-electron chi connectivity index (χ0n) is 13.0. The highest BCUT2D eigenvalue weighted by molar-refractivity contribution is 5.85. The summed E-state index contributed by atoms with van der Waals surface area (Å²) in [6, 6.07) is 0. The van der Waals surface area contributed by atoms with E-state index in [-0.39, 0.29) is 24.4 Å². The zero-order valence-corrected chi connectivity index (χ0v) is 13.8. The Kier molecular flexibility index (Phi) is 10.2. The number of aliphatic hydroxyl groups is 1. The fraction of sp³-hybridized carbons (Fsp3) is 0.933. The maximum Gasteiger partial charge on any atom is 0.220 e. The average molecular weight is 307 g/mol. The molecule has 1 saturated heterocycles. The number of rotatable bonds is 7. The molecule has 0 aromatic heterocycles. The predicted octanol–water partition coefficient (Wildman–Crippen LogP) is 1.96. The number of nitrogens with one attached hydrogen (secondary N) is 2. The second-order valence-electron chi connectivity index (χ2n) is 6.26. The maximum absolute atomic E-state index is 11.9. The van der Waals surface area contributed by atoms with Crippen LogP contribution < -0.4 is 10.6 Å². The lowest BCUT2D eigenvalue weighted by Gasteiger charge is -2.28. The van der Waals surface area contributed by atoms with Gasteiger partial charge < -0.3 is 15.7 Å². The van der Waals surface area contributed by atoms with E-state index in [0.717, 1.165) is 19.5 Å². The minimum absolute atomic E-state index is 0. The molecule has 1 amide bonds. The Hall–Kier alpha value is -0.320. The van der Waals surface area contributed by atoms with Crippen LogP contribution in [-0.4, -0.2) is 36.8 Å². The molecule has 3 unspecified atom stereocenters. The summed E-state index contributed by atoms with van der Waals surface area (Å²) >= 11 is 0. The SMILES string of the molecule is CC(O)CC(C)CNC(=O)CC(C)C1CCNCC1.Cl. The van der Waals surface area contributed by atoms with E-state index in [4.69, 9.17) is 0 Å². The Labute approximate surface area is 129 Å². The van der Waals surface area contributed by atoms with E-state index in [0.29, 0.717) is 30.7 Å². The second kappa shape index (κ2) is 10.4. The molecule has 4 nitrogen and oxygen atoms in total. The Morgan fingerprint density at radius 3 is 2.45 bits per heavy atom. The number of carbonyl (C=O) groups is 1. The van der Waals surface area contributed by atoms with Gasteiger partial charge in [-0.25, -0.2) is 0 Å². The van der Waals surface area contributed by atoms with Gasteiger partial charge in [0.1, 0.15) is 0 Å². The maximum atomic E-state index is 11.9. The van der Waals surface area contributed by atoms with Crippen LogP contribution in [0.15, 0.2) is 0 Å². The molecular formula is C15H31ClN2O2. The van der Waals surface area contributed by atoms with Crippen molar-refractivity contribution in [3.8, 4) is 0 Å². The summed E-state index contributed by atoms with van der Waals surface area (Å²) in [7, 11) is 0. The number of carbonyl (C=O) groups excluding carboxylic acids is 1. The third kappa shape index (κ3) is 8.08. The number of amides is 1. The van der Waals surface area contributed by atoms with Gasteiger partial charge in [0.05, 0.1) is 6.10 Å². The van der Waals surface area contributed by atoms with Crippen LogP contribution >= 0.6 is 12.4 Å². The van der Waals surface area contributed by atoms with E-state index < -0.39 is 0 Å². The lowest BCUT2D eigenvalue weighted by molar-refractivity contribution is -0.122. The van der Waals surface area contributed by atoms with Gasteiger partial charge in [-0.1, -0.05) is 13.8 Å². The fourth-order valence-corrected chi connectivity index (χ4v) is 2.90. The highest BCUT2D eigenvalue weighted by atomic mass is 35.5. The molecule has 0 radical (unpaired) electrons. The summed E-state index contributed by atoms with van der Waals surface area (Å²) in [6.07, 6.45) is 3.45. The first-order valence-corrected chi connectivity index (χ1v) is 7.64. The van der Waals surface area contributed by atoms with Crippen LogP contribution in [0.5, 0.6) is 0 Å². The highest BCUT2D eigenvalue weighted by Gasteiger charge is 2.22. The molecule has 120 valence electrons. The summed E-state index contributed by atoms with van der Waals surface area (Å²) in [5.74, 6) is 1.64. The molecule has 1 heterocycles. The molecule has 1 aliphatic rings. The molecule has 0 bridgehead atoms. The minimum atomic E-state index is -0.291. The van der Waals surface area contributed by atoms with Crippen molar-refractivity contribution in [3.63, 3.8) is 0 Å². The van der Waals surface area contributed by atoms with Gasteiger partial charge in [-0.05, 0) is 57.0 Å². The van der Waals surface area contributed by atoms with E-state index in [1.165, 1.54) is 12.8 Å². The molecule has 0 aromatic rings. The van der Waals surface area contributed by atoms with Crippen LogP contribution in [0.1, 0.15) is 46.5 Å². The smallest absolute Gasteiger partial charge is 0.220 e. The van der Waals surface area contributed by atoms with Gasteiger partial charge in [-0.3, -0.25) is 4.79 Å². The molecule has 1 fully saturated rings. The third-order valence-electron chi connectivity index (χ3n) is 4.09. The van der Waals surface area contributed by atoms with Gasteiger partial charge in [0.25, 0.3) is 0 Å². The predicted molar refractivity (Wildman–Crippen MR) is 85.1 cm³/mol. The molecule has 20 heavy (non-hydrogen) atoms. The Morgan fingerprint density at radius 2 is 1.90 bits per heavy atom. The molecule has 0 saturated carbocycles. The van der Waals surface area contributed by atoms with Gasteiger partial charge in [0.2, 0.25) is 5.91 Å². The fourth-order valence-electron chi connectivity index (χ4n) is 2.90. The van der Waals surface area contributed by atoms with Crippen molar-refractivity contribution in [1.82, 2.24) is 10.6 Å². The minimum Gasteiger partial charge on any atom is -0.393 e. The van der Waals surface area contributed by atoms with E-state index in [9.17, 15) is 9.90 Å². The van der Waals surface area contributed by atoms with Gasteiger partial charge >= 0.3 is 0 Å². The third-order valence-corrected chi connectivity index (χ3v) is 4.09. The lowest BCUT2D eigenvalue weighted by Crippen LogP contribution is -2.34. The summed E-state index contributed by atoms with van der Waals surface area (Å²) < 4.78 is 0. The lowest BCUT2D eigenvalue weighted by atomic mass is 9.84. The molecule has 0 aromatic carbocycles. The van der Waals surface area contributed by atoms with E-state index in [2.05, 4.69) is 24.5 Å². The molecule has 5 heteroatoms. The Balaban J connectivity index is 0.00000361. The number of halogens is 1. The summed E-state index contributed by atoms with van der Waals surface area (Å²) in [5.41, 5.74) is 0. The van der Waals surface area contributed by atoms with E-state index in [1.807, 2.05) is 0 Å². The molecule has 0 aliphatic carbocycles. The van der Waals surface area contributed by atoms with Crippen LogP contribution in [0, 0.1) is 17.8 Å². The van der Waals surface area contributed by atoms with Crippen LogP contribution in [-0.2, 0) is 4.79 Å². The van der Waals surface area contributed by atoms with Gasteiger partial charge in [0.15, 0.2) is 0 Å². The summed E-state index contributed by atoms with van der Waals surface area (Å²) in [4.78, 5) is 11.9. The first-order chi connectivity index (χ1) is 8.99. The Morgan fingerprint density at radius 1 is 1.30 bits per heavy atom. The average Bonchev–Trinajstić information content (AvgIpc) is 2.36. The van der Waals surface area contributed by atoms with Crippen LogP contribution in [0.25, 0.3) is 0 Å². The summed E-state index contributed by atoms with van der Waals surface area (Å²) in [6.45, 7) is 8.88. The van der Waals surface area contributed by atoms with Gasteiger partial charge in [-0.2, -0.15) is 0 Å². The molecular weight excluding hydrogens is 276 g/mol. The normalized spacial score (nSPS) is 20.6. The first-order valence-electron chi connectivity index (χ1n) is 7.64. The highest BCUT2D eigenvalue weighted by Crippen LogP contribution is 2.24. The van der Waals surface area contributed by atoms with E-state index in [1.54, 1.807) is 6.92 Å². The standard InChI is InChI=1S/C15H30N2O2.ClH/c1-11(8-13(3)18)10-17-15(19)9-12(2)14-4-6-16-7-5-14;/h11-14,16,18H,4-10H2,1-3H3,(H,17,19);1H. The van der Waals surface area contributed by atoms with Gasteiger partial charge in [0, 0.05) is 13.0 Å². The molecule has 1 rings (SSSR count). The van der Waals surface area contributed by atoms with Crippen molar-refractivity contribution >= 4 is 18.3 Å². The number of aliphatic hydroxyl groups excluding tert-OH is 1. The van der Waals surface area contributed by atoms with Crippen LogP contribution in [0.3, 0.4) is 0 Å². The number of hydrogen-bond donors (Lipinski definition) is 3. The topological polar surface area (TPSA) is 61.4 Å². The summed E-state index contributed by atoms with van der Waals surface area (Å²) in [5, 5.41) is 15.6. The molecule has 0 spiro atoms. The number of piperidine rings is 1. The van der Waals surface area contributed by atoms with Gasteiger partial charge in [-0.15, -0.1) is 12.4 Å². The van der Waals surface area contributed by atoms with Crippen molar-refractivity contribution in [2.75, 3.05) is 19.6 Å². The quantitative estimate of drug-likeness (QED) is 0.674. The molecule has 3 atom stereocenters. The number of hydrogen-bond acceptors (Lipinski definition) is 3. The van der Waals surface area contributed by atoms with Crippen molar-refractivity contribution in [3.05, 3.63) is 0 Å². The van der Waals surface area contributed by atoms with Crippen molar-refractivity contribution in [2.45, 2.75) is 52.6 Å². The molecule has 3 N–H and O–H groups in total.